The van der Waals surface area contributed by atoms with E-state index in [1.165, 1.54) is 16.7 Å². The molecule has 2 amide bonds. The molecule has 6 nitrogen and oxygen atoms in total. The largest absolute Gasteiger partial charge is 0.390 e. The van der Waals surface area contributed by atoms with E-state index in [9.17, 15) is 14.7 Å². The third-order valence-corrected chi connectivity index (χ3v) is 8.04. The second-order valence-electron chi connectivity index (χ2n) is 10.6. The highest BCUT2D eigenvalue weighted by molar-refractivity contribution is 5.97. The van der Waals surface area contributed by atoms with Crippen molar-refractivity contribution in [1.82, 2.24) is 14.7 Å². The fourth-order valence-electron chi connectivity index (χ4n) is 5.97. The summed E-state index contributed by atoms with van der Waals surface area (Å²) in [5.74, 6) is 0.757. The quantitative estimate of drug-likeness (QED) is 0.698. The predicted molar refractivity (Wildman–Crippen MR) is 136 cm³/mol. The minimum absolute atomic E-state index is 0.0440. The average molecular weight is 476 g/mol. The van der Waals surface area contributed by atoms with Gasteiger partial charge in [0, 0.05) is 58.3 Å². The summed E-state index contributed by atoms with van der Waals surface area (Å²) in [6.45, 7) is 6.74. The highest BCUT2D eigenvalue weighted by Crippen LogP contribution is 2.26. The molecule has 6 heteroatoms. The fraction of sp³-hybridized carbons (Fsp3) is 0.517. The molecule has 3 aliphatic heterocycles. The number of nitrogens with zero attached hydrogens (tertiary/aromatic N) is 3. The van der Waals surface area contributed by atoms with Crippen LogP contribution in [-0.2, 0) is 30.6 Å². The molecule has 0 radical (unpaired) electrons. The van der Waals surface area contributed by atoms with Gasteiger partial charge in [0.15, 0.2) is 0 Å². The Labute approximate surface area is 208 Å². The van der Waals surface area contributed by atoms with E-state index in [2.05, 4.69) is 47.4 Å². The van der Waals surface area contributed by atoms with Gasteiger partial charge in [0.2, 0.25) is 5.91 Å². The molecule has 0 bridgehead atoms. The summed E-state index contributed by atoms with van der Waals surface area (Å²) in [5, 5.41) is 10.8. The van der Waals surface area contributed by atoms with Crippen molar-refractivity contribution in [3.05, 3.63) is 70.3 Å². The number of carbonyl (C=O) groups excluding carboxylic acids is 2. The number of fused-ring (bicyclic) bond motifs is 2. The molecule has 2 aromatic rings. The molecule has 5 rings (SSSR count). The number of benzene rings is 2. The van der Waals surface area contributed by atoms with Gasteiger partial charge in [0.05, 0.1) is 6.10 Å². The topological polar surface area (TPSA) is 64.1 Å². The van der Waals surface area contributed by atoms with Gasteiger partial charge in [-0.2, -0.15) is 0 Å². The van der Waals surface area contributed by atoms with Crippen LogP contribution in [0.1, 0.15) is 52.4 Å². The van der Waals surface area contributed by atoms with Gasteiger partial charge in [-0.15, -0.1) is 0 Å². The maximum Gasteiger partial charge on any atom is 0.254 e. The molecule has 1 fully saturated rings. The van der Waals surface area contributed by atoms with Crippen LogP contribution in [0.25, 0.3) is 0 Å². The summed E-state index contributed by atoms with van der Waals surface area (Å²) < 4.78 is 0. The number of carbonyl (C=O) groups is 2. The minimum Gasteiger partial charge on any atom is -0.390 e. The van der Waals surface area contributed by atoms with Crippen molar-refractivity contribution in [2.24, 2.45) is 5.92 Å². The summed E-state index contributed by atoms with van der Waals surface area (Å²) in [4.78, 5) is 31.0. The molecule has 3 aliphatic rings. The van der Waals surface area contributed by atoms with E-state index in [1.54, 1.807) is 6.92 Å². The van der Waals surface area contributed by atoms with Crippen molar-refractivity contribution in [1.29, 1.82) is 0 Å². The molecule has 0 saturated carbocycles. The van der Waals surface area contributed by atoms with Crippen LogP contribution in [0.5, 0.6) is 0 Å². The van der Waals surface area contributed by atoms with Crippen LogP contribution in [0.15, 0.2) is 42.5 Å². The second kappa shape index (κ2) is 10.5. The first kappa shape index (κ1) is 24.0. The van der Waals surface area contributed by atoms with Crippen molar-refractivity contribution >= 4 is 11.8 Å². The van der Waals surface area contributed by atoms with Crippen molar-refractivity contribution in [2.75, 3.05) is 39.3 Å². The van der Waals surface area contributed by atoms with Gasteiger partial charge in [-0.3, -0.25) is 14.5 Å². The maximum absolute atomic E-state index is 13.3. The SMILES string of the molecule is CC(=O)N1CCC(Cc2ccc3c(c2)C(=O)N(C[C@H](O)CN2CCc4ccccc4C2)CC3)CC1. The standard InChI is InChI=1S/C29H37N3O3/c1-21(33)31-13-8-22(9-14-31)16-23-6-7-25-11-15-32(29(35)28(25)17-23)20-27(34)19-30-12-10-24-4-2-3-5-26(24)18-30/h2-7,17,22,27,34H,8-16,18-20H2,1H3/t27-/m1/s1. The van der Waals surface area contributed by atoms with Gasteiger partial charge in [0.1, 0.15) is 0 Å². The Kier molecular flexibility index (Phi) is 7.21. The number of hydrogen-bond donors (Lipinski definition) is 1. The van der Waals surface area contributed by atoms with Gasteiger partial charge in [-0.05, 0) is 66.3 Å². The highest BCUT2D eigenvalue weighted by atomic mass is 16.3. The predicted octanol–water partition coefficient (Wildman–Crippen LogP) is 2.91. The van der Waals surface area contributed by atoms with Gasteiger partial charge in [-0.25, -0.2) is 0 Å². The molecule has 0 aliphatic carbocycles. The number of likely N-dealkylation sites (tertiary alicyclic amines) is 1. The van der Waals surface area contributed by atoms with E-state index < -0.39 is 6.10 Å². The number of aliphatic hydroxyl groups is 1. The summed E-state index contributed by atoms with van der Waals surface area (Å²) in [7, 11) is 0. The van der Waals surface area contributed by atoms with Crippen molar-refractivity contribution < 1.29 is 14.7 Å². The number of amides is 2. The van der Waals surface area contributed by atoms with Crippen molar-refractivity contribution in [2.45, 2.75) is 51.7 Å². The van der Waals surface area contributed by atoms with Gasteiger partial charge in [-0.1, -0.05) is 36.4 Å². The van der Waals surface area contributed by atoms with Gasteiger partial charge >= 0.3 is 0 Å². The van der Waals surface area contributed by atoms with Crippen LogP contribution in [0, 0.1) is 5.92 Å². The molecule has 0 spiro atoms. The first-order chi connectivity index (χ1) is 17.0. The zero-order valence-corrected chi connectivity index (χ0v) is 20.8. The van der Waals surface area contributed by atoms with Crippen molar-refractivity contribution in [3.8, 4) is 0 Å². The van der Waals surface area contributed by atoms with Crippen LogP contribution in [0.4, 0.5) is 0 Å². The summed E-state index contributed by atoms with van der Waals surface area (Å²) in [5.41, 5.74) is 5.86. The molecular weight excluding hydrogens is 438 g/mol. The van der Waals surface area contributed by atoms with Crippen LogP contribution >= 0.6 is 0 Å². The zero-order valence-electron chi connectivity index (χ0n) is 20.8. The number of hydrogen-bond acceptors (Lipinski definition) is 4. The average Bonchev–Trinajstić information content (AvgIpc) is 2.86. The third-order valence-electron chi connectivity index (χ3n) is 8.04. The fourth-order valence-corrected chi connectivity index (χ4v) is 5.97. The molecule has 0 unspecified atom stereocenters. The number of rotatable bonds is 6. The molecule has 35 heavy (non-hydrogen) atoms. The number of aliphatic hydroxyl groups excluding tert-OH is 1. The van der Waals surface area contributed by atoms with E-state index in [0.29, 0.717) is 25.6 Å². The normalized spacial score (nSPS) is 19.9. The Balaban J connectivity index is 1.17. The van der Waals surface area contributed by atoms with Crippen LogP contribution in [0.2, 0.25) is 0 Å². The van der Waals surface area contributed by atoms with E-state index in [4.69, 9.17) is 0 Å². The summed E-state index contributed by atoms with van der Waals surface area (Å²) in [6.07, 6.45) is 4.27. The summed E-state index contributed by atoms with van der Waals surface area (Å²) in [6, 6.07) is 14.9. The smallest absolute Gasteiger partial charge is 0.254 e. The van der Waals surface area contributed by atoms with Crippen LogP contribution in [0.3, 0.4) is 0 Å². The molecule has 0 aromatic heterocycles. The lowest BCUT2D eigenvalue weighted by molar-refractivity contribution is -0.130. The summed E-state index contributed by atoms with van der Waals surface area (Å²) >= 11 is 0. The molecule has 3 heterocycles. The maximum atomic E-state index is 13.3. The lowest BCUT2D eigenvalue weighted by Crippen LogP contribution is -2.46. The van der Waals surface area contributed by atoms with Crippen LogP contribution in [-0.4, -0.2) is 77.0 Å². The van der Waals surface area contributed by atoms with Crippen molar-refractivity contribution in [3.63, 3.8) is 0 Å². The zero-order chi connectivity index (χ0) is 24.4. The van der Waals surface area contributed by atoms with E-state index in [0.717, 1.165) is 69.4 Å². The Morgan fingerprint density at radius 1 is 0.971 bits per heavy atom. The Hall–Kier alpha value is -2.70. The molecule has 2 aromatic carbocycles. The molecular formula is C29H37N3O3. The monoisotopic (exact) mass is 475 g/mol. The van der Waals surface area contributed by atoms with Gasteiger partial charge in [0.25, 0.3) is 5.91 Å². The van der Waals surface area contributed by atoms with Crippen LogP contribution < -0.4 is 0 Å². The Morgan fingerprint density at radius 2 is 1.71 bits per heavy atom. The van der Waals surface area contributed by atoms with E-state index in [-0.39, 0.29) is 11.8 Å². The lowest BCUT2D eigenvalue weighted by Gasteiger charge is -2.34. The van der Waals surface area contributed by atoms with E-state index >= 15 is 0 Å². The minimum atomic E-state index is -0.555. The third kappa shape index (κ3) is 5.60. The highest BCUT2D eigenvalue weighted by Gasteiger charge is 2.28. The second-order valence-corrected chi connectivity index (χ2v) is 10.6. The lowest BCUT2D eigenvalue weighted by atomic mass is 9.88. The molecule has 1 atom stereocenters. The number of piperidine rings is 1. The number of β-amino-alcohol motifs (C(OH)–C–C–N with tert-alkyl or cyclic N) is 1. The first-order valence-corrected chi connectivity index (χ1v) is 13.1. The van der Waals surface area contributed by atoms with E-state index in [1.807, 2.05) is 9.80 Å². The Bertz CT molecular complexity index is 1080. The first-order valence-electron chi connectivity index (χ1n) is 13.1. The molecule has 186 valence electrons. The Morgan fingerprint density at radius 3 is 2.49 bits per heavy atom. The molecule has 1 saturated heterocycles. The van der Waals surface area contributed by atoms with Gasteiger partial charge < -0.3 is 14.9 Å². The molecule has 1 N–H and O–H groups in total.